The molecule has 1 heterocycles. The topological polar surface area (TPSA) is 50.8 Å². The first-order valence-electron chi connectivity index (χ1n) is 6.52. The van der Waals surface area contributed by atoms with Gasteiger partial charge in [0.05, 0.1) is 24.8 Å². The second-order valence-corrected chi connectivity index (χ2v) is 5.17. The van der Waals surface area contributed by atoms with Crippen LogP contribution in [0.4, 0.5) is 5.69 Å². The normalized spacial score (nSPS) is 17.4. The number of hydrogen-bond acceptors (Lipinski definition) is 4. The van der Waals surface area contributed by atoms with E-state index in [1.54, 1.807) is 13.2 Å². The highest BCUT2D eigenvalue weighted by atomic mass is 35.5. The molecule has 0 fully saturated rings. The minimum absolute atomic E-state index is 0.00325. The van der Waals surface area contributed by atoms with Gasteiger partial charge < -0.3 is 19.7 Å². The van der Waals surface area contributed by atoms with E-state index >= 15 is 0 Å². The maximum atomic E-state index is 11.8. The number of nitrogens with zero attached hydrogens (tertiary/aromatic N) is 1. The van der Waals surface area contributed by atoms with E-state index < -0.39 is 0 Å². The fraction of sp³-hybridized carbons (Fsp3) is 0.500. The predicted molar refractivity (Wildman–Crippen MR) is 78.6 cm³/mol. The molecule has 1 aliphatic heterocycles. The summed E-state index contributed by atoms with van der Waals surface area (Å²) in [4.78, 5) is 13.9. The SMILES string of the molecule is COCCNC(=O)CC1COc2ccc(Cl)cc2N1C. The van der Waals surface area contributed by atoms with Crippen LogP contribution in [0, 0.1) is 0 Å². The molecule has 1 aliphatic rings. The largest absolute Gasteiger partial charge is 0.489 e. The van der Waals surface area contributed by atoms with Gasteiger partial charge in [-0.15, -0.1) is 0 Å². The van der Waals surface area contributed by atoms with Crippen molar-refractivity contribution in [2.24, 2.45) is 0 Å². The second kappa shape index (κ2) is 6.81. The summed E-state index contributed by atoms with van der Waals surface area (Å²) >= 11 is 6.00. The van der Waals surface area contributed by atoms with Crippen LogP contribution in [0.5, 0.6) is 5.75 Å². The van der Waals surface area contributed by atoms with Gasteiger partial charge in [0.25, 0.3) is 0 Å². The monoisotopic (exact) mass is 298 g/mol. The second-order valence-electron chi connectivity index (χ2n) is 4.73. The van der Waals surface area contributed by atoms with Crippen molar-refractivity contribution in [3.05, 3.63) is 23.2 Å². The molecule has 2 rings (SSSR count). The fourth-order valence-electron chi connectivity index (χ4n) is 2.16. The number of rotatable bonds is 5. The molecule has 1 N–H and O–H groups in total. The molecule has 20 heavy (non-hydrogen) atoms. The Morgan fingerprint density at radius 2 is 2.40 bits per heavy atom. The number of carbonyl (C=O) groups excluding carboxylic acids is 1. The zero-order chi connectivity index (χ0) is 14.5. The van der Waals surface area contributed by atoms with E-state index in [-0.39, 0.29) is 11.9 Å². The number of halogens is 1. The highest BCUT2D eigenvalue weighted by Gasteiger charge is 2.26. The minimum atomic E-state index is -0.00650. The number of likely N-dealkylation sites (N-methyl/N-ethyl adjacent to an activating group) is 1. The minimum Gasteiger partial charge on any atom is -0.489 e. The lowest BCUT2D eigenvalue weighted by molar-refractivity contribution is -0.121. The Bertz CT molecular complexity index is 481. The quantitative estimate of drug-likeness (QED) is 0.841. The third-order valence-electron chi connectivity index (χ3n) is 3.33. The van der Waals surface area contributed by atoms with Crippen LogP contribution >= 0.6 is 11.6 Å². The predicted octanol–water partition coefficient (Wildman–Crippen LogP) is 1.69. The summed E-state index contributed by atoms with van der Waals surface area (Å²) in [6.45, 7) is 1.53. The first-order chi connectivity index (χ1) is 9.61. The first kappa shape index (κ1) is 14.9. The van der Waals surface area contributed by atoms with Gasteiger partial charge in [0.1, 0.15) is 12.4 Å². The van der Waals surface area contributed by atoms with Crippen molar-refractivity contribution in [2.45, 2.75) is 12.5 Å². The van der Waals surface area contributed by atoms with Gasteiger partial charge in [0.2, 0.25) is 5.91 Å². The molecule has 0 aromatic heterocycles. The van der Waals surface area contributed by atoms with Crippen LogP contribution in [0.2, 0.25) is 5.02 Å². The number of fused-ring (bicyclic) bond motifs is 1. The number of anilines is 1. The molecule has 0 aliphatic carbocycles. The van der Waals surface area contributed by atoms with E-state index in [0.717, 1.165) is 11.4 Å². The highest BCUT2D eigenvalue weighted by Crippen LogP contribution is 2.35. The standard InChI is InChI=1S/C14H19ClN2O3/c1-17-11(8-14(18)16-5-6-19-2)9-20-13-4-3-10(15)7-12(13)17/h3-4,7,11H,5-6,8-9H2,1-2H3,(H,16,18). The molecular weight excluding hydrogens is 280 g/mol. The van der Waals surface area contributed by atoms with Crippen LogP contribution in [0.15, 0.2) is 18.2 Å². The number of methoxy groups -OCH3 is 1. The Balaban J connectivity index is 1.96. The number of ether oxygens (including phenoxy) is 2. The van der Waals surface area contributed by atoms with Crippen LogP contribution in [-0.2, 0) is 9.53 Å². The Labute approximate surface area is 123 Å². The molecule has 0 bridgehead atoms. The summed E-state index contributed by atoms with van der Waals surface area (Å²) < 4.78 is 10.6. The number of amides is 1. The van der Waals surface area contributed by atoms with E-state index in [0.29, 0.717) is 31.2 Å². The van der Waals surface area contributed by atoms with Gasteiger partial charge >= 0.3 is 0 Å². The summed E-state index contributed by atoms with van der Waals surface area (Å²) in [6.07, 6.45) is 0.381. The zero-order valence-corrected chi connectivity index (χ0v) is 12.4. The lowest BCUT2D eigenvalue weighted by Gasteiger charge is -2.35. The number of hydrogen-bond donors (Lipinski definition) is 1. The van der Waals surface area contributed by atoms with Gasteiger partial charge in [-0.1, -0.05) is 11.6 Å². The molecule has 1 aromatic rings. The van der Waals surface area contributed by atoms with Crippen molar-refractivity contribution in [3.63, 3.8) is 0 Å². The van der Waals surface area contributed by atoms with Gasteiger partial charge in [-0.25, -0.2) is 0 Å². The van der Waals surface area contributed by atoms with Crippen LogP contribution in [0.3, 0.4) is 0 Å². The molecule has 0 spiro atoms. The fourth-order valence-corrected chi connectivity index (χ4v) is 2.32. The molecule has 1 aromatic carbocycles. The molecule has 110 valence electrons. The Kier molecular flexibility index (Phi) is 5.09. The summed E-state index contributed by atoms with van der Waals surface area (Å²) in [5.74, 6) is 0.793. The van der Waals surface area contributed by atoms with Gasteiger partial charge in [-0.05, 0) is 18.2 Å². The highest BCUT2D eigenvalue weighted by molar-refractivity contribution is 6.30. The summed E-state index contributed by atoms with van der Waals surface area (Å²) in [6, 6.07) is 5.50. The molecule has 1 amide bonds. The molecule has 0 saturated carbocycles. The summed E-state index contributed by atoms with van der Waals surface area (Å²) in [7, 11) is 3.56. The molecule has 1 unspecified atom stereocenters. The third-order valence-corrected chi connectivity index (χ3v) is 3.56. The van der Waals surface area contributed by atoms with E-state index in [1.165, 1.54) is 0 Å². The van der Waals surface area contributed by atoms with Crippen LogP contribution < -0.4 is 15.0 Å². The maximum absolute atomic E-state index is 11.8. The number of carbonyl (C=O) groups is 1. The van der Waals surface area contributed by atoms with Crippen molar-refractivity contribution in [1.29, 1.82) is 0 Å². The Morgan fingerprint density at radius 3 is 3.15 bits per heavy atom. The van der Waals surface area contributed by atoms with Crippen molar-refractivity contribution < 1.29 is 14.3 Å². The maximum Gasteiger partial charge on any atom is 0.222 e. The number of benzene rings is 1. The molecule has 5 nitrogen and oxygen atoms in total. The number of nitrogens with one attached hydrogen (secondary N) is 1. The molecular formula is C14H19ClN2O3. The van der Waals surface area contributed by atoms with E-state index in [9.17, 15) is 4.79 Å². The average molecular weight is 299 g/mol. The van der Waals surface area contributed by atoms with Crippen molar-refractivity contribution in [1.82, 2.24) is 5.32 Å². The van der Waals surface area contributed by atoms with Crippen molar-refractivity contribution in [3.8, 4) is 5.75 Å². The molecule has 6 heteroatoms. The molecule has 1 atom stereocenters. The smallest absolute Gasteiger partial charge is 0.222 e. The third kappa shape index (κ3) is 3.55. The van der Waals surface area contributed by atoms with E-state index in [4.69, 9.17) is 21.1 Å². The van der Waals surface area contributed by atoms with Gasteiger partial charge in [0.15, 0.2) is 0 Å². The van der Waals surface area contributed by atoms with Crippen LogP contribution in [0.1, 0.15) is 6.42 Å². The Morgan fingerprint density at radius 1 is 1.60 bits per heavy atom. The van der Waals surface area contributed by atoms with Gasteiger partial charge in [-0.2, -0.15) is 0 Å². The average Bonchev–Trinajstić information content (AvgIpc) is 2.43. The molecule has 0 radical (unpaired) electrons. The lowest BCUT2D eigenvalue weighted by Crippen LogP contribution is -2.44. The summed E-state index contributed by atoms with van der Waals surface area (Å²) in [5, 5.41) is 3.47. The van der Waals surface area contributed by atoms with Crippen LogP contribution in [-0.4, -0.2) is 45.9 Å². The summed E-state index contributed by atoms with van der Waals surface area (Å²) in [5.41, 5.74) is 0.915. The van der Waals surface area contributed by atoms with Crippen LogP contribution in [0.25, 0.3) is 0 Å². The zero-order valence-electron chi connectivity index (χ0n) is 11.7. The first-order valence-corrected chi connectivity index (χ1v) is 6.90. The Hall–Kier alpha value is -1.46. The molecule has 0 saturated heterocycles. The van der Waals surface area contributed by atoms with Crippen molar-refractivity contribution >= 4 is 23.2 Å². The van der Waals surface area contributed by atoms with Gasteiger partial charge in [-0.3, -0.25) is 4.79 Å². The van der Waals surface area contributed by atoms with Crippen molar-refractivity contribution in [2.75, 3.05) is 38.8 Å². The lowest BCUT2D eigenvalue weighted by atomic mass is 10.1. The van der Waals surface area contributed by atoms with E-state index in [2.05, 4.69) is 5.32 Å². The van der Waals surface area contributed by atoms with E-state index in [1.807, 2.05) is 24.1 Å². The van der Waals surface area contributed by atoms with Gasteiger partial charge in [0, 0.05) is 25.7 Å².